The summed E-state index contributed by atoms with van der Waals surface area (Å²) in [4.78, 5) is 27.0. The molecule has 2 rings (SSSR count). The Morgan fingerprint density at radius 3 is 2.30 bits per heavy atom. The molecule has 2 aromatic rings. The number of carbonyl (C=O) groups excluding carboxylic acids is 2. The third-order valence-electron chi connectivity index (χ3n) is 2.52. The van der Waals surface area contributed by atoms with E-state index in [1.54, 1.807) is 36.5 Å². The number of pyridine rings is 1. The van der Waals surface area contributed by atoms with Crippen LogP contribution >= 0.6 is 22.6 Å². The molecule has 2 N–H and O–H groups in total. The second-order valence-corrected chi connectivity index (χ2v) is 5.32. The highest BCUT2D eigenvalue weighted by molar-refractivity contribution is 14.1. The number of Topliss-reactive ketones (excluding diaryl/α,β-unsaturated/α-hetero) is 1. The fourth-order valence-corrected chi connectivity index (χ4v) is 1.84. The summed E-state index contributed by atoms with van der Waals surface area (Å²) in [5.41, 5.74) is 1.22. The minimum Gasteiger partial charge on any atom is -0.308 e. The summed E-state index contributed by atoms with van der Waals surface area (Å²) in [5, 5.41) is 5.29. The van der Waals surface area contributed by atoms with Crippen molar-refractivity contribution >= 4 is 45.9 Å². The number of anilines is 2. The van der Waals surface area contributed by atoms with Gasteiger partial charge in [0, 0.05) is 21.0 Å². The Bertz CT molecular complexity index is 624. The first-order chi connectivity index (χ1) is 9.54. The fraction of sp³-hybridized carbons (Fsp3) is 0.0714. The smallest absolute Gasteiger partial charge is 0.308 e. The molecule has 0 radical (unpaired) electrons. The van der Waals surface area contributed by atoms with Crippen molar-refractivity contribution in [3.05, 3.63) is 51.7 Å². The van der Waals surface area contributed by atoms with Gasteiger partial charge in [0.2, 0.25) is 0 Å². The number of rotatable bonds is 3. The Morgan fingerprint density at radius 1 is 1.05 bits per heavy atom. The summed E-state index contributed by atoms with van der Waals surface area (Å²) < 4.78 is 0.994. The second-order valence-electron chi connectivity index (χ2n) is 4.07. The van der Waals surface area contributed by atoms with Crippen molar-refractivity contribution in [2.24, 2.45) is 0 Å². The van der Waals surface area contributed by atoms with Crippen molar-refractivity contribution in [1.29, 1.82) is 0 Å². The van der Waals surface area contributed by atoms with Crippen LogP contribution in [-0.4, -0.2) is 16.8 Å². The minimum atomic E-state index is -0.380. The largest absolute Gasteiger partial charge is 0.324 e. The first kappa shape index (κ1) is 14.4. The standard InChI is InChI=1S/C14H12IN3O2/c1-9(19)10-2-5-12(6-3-10)17-14(20)18-13-7-4-11(15)8-16-13/h2-8H,1H3,(H2,16,17,18,20). The van der Waals surface area contributed by atoms with E-state index in [1.165, 1.54) is 6.92 Å². The Kier molecular flexibility index (Phi) is 4.67. The van der Waals surface area contributed by atoms with Gasteiger partial charge in [-0.05, 0) is 65.9 Å². The molecule has 1 heterocycles. The van der Waals surface area contributed by atoms with Crippen LogP contribution in [0.15, 0.2) is 42.6 Å². The summed E-state index contributed by atoms with van der Waals surface area (Å²) in [6, 6.07) is 9.89. The van der Waals surface area contributed by atoms with Gasteiger partial charge in [-0.1, -0.05) is 0 Å². The van der Waals surface area contributed by atoms with E-state index >= 15 is 0 Å². The maximum atomic E-state index is 11.8. The molecule has 0 aliphatic carbocycles. The molecule has 0 saturated heterocycles. The van der Waals surface area contributed by atoms with Crippen LogP contribution in [-0.2, 0) is 0 Å². The van der Waals surface area contributed by atoms with Crippen LogP contribution in [0.3, 0.4) is 0 Å². The van der Waals surface area contributed by atoms with E-state index in [-0.39, 0.29) is 11.8 Å². The molecule has 0 aliphatic heterocycles. The predicted molar refractivity (Wildman–Crippen MR) is 86.0 cm³/mol. The van der Waals surface area contributed by atoms with Gasteiger partial charge in [-0.2, -0.15) is 0 Å². The van der Waals surface area contributed by atoms with E-state index in [0.29, 0.717) is 17.1 Å². The van der Waals surface area contributed by atoms with Crippen LogP contribution < -0.4 is 10.6 Å². The molecule has 1 aromatic carbocycles. The number of amides is 2. The van der Waals surface area contributed by atoms with Gasteiger partial charge in [0.25, 0.3) is 0 Å². The van der Waals surface area contributed by atoms with E-state index in [2.05, 4.69) is 38.2 Å². The van der Waals surface area contributed by atoms with Gasteiger partial charge < -0.3 is 5.32 Å². The normalized spacial score (nSPS) is 9.90. The molecule has 5 nitrogen and oxygen atoms in total. The molecule has 1 aromatic heterocycles. The highest BCUT2D eigenvalue weighted by Gasteiger charge is 2.04. The third-order valence-corrected chi connectivity index (χ3v) is 3.16. The lowest BCUT2D eigenvalue weighted by Gasteiger charge is -2.07. The maximum absolute atomic E-state index is 11.8. The molecule has 6 heteroatoms. The first-order valence-electron chi connectivity index (χ1n) is 5.85. The van der Waals surface area contributed by atoms with E-state index < -0.39 is 0 Å². The topological polar surface area (TPSA) is 71.1 Å². The van der Waals surface area contributed by atoms with Gasteiger partial charge in [0.05, 0.1) is 0 Å². The van der Waals surface area contributed by atoms with Gasteiger partial charge in [-0.25, -0.2) is 9.78 Å². The number of urea groups is 1. The van der Waals surface area contributed by atoms with Crippen LogP contribution in [0.25, 0.3) is 0 Å². The van der Waals surface area contributed by atoms with Crippen molar-refractivity contribution in [2.75, 3.05) is 10.6 Å². The van der Waals surface area contributed by atoms with E-state index in [9.17, 15) is 9.59 Å². The number of halogens is 1. The molecule has 0 unspecified atom stereocenters. The molecule has 0 fully saturated rings. The van der Waals surface area contributed by atoms with E-state index in [1.807, 2.05) is 6.07 Å². The number of hydrogen-bond donors (Lipinski definition) is 2. The van der Waals surface area contributed by atoms with E-state index in [4.69, 9.17) is 0 Å². The van der Waals surface area contributed by atoms with Gasteiger partial charge in [0.1, 0.15) is 5.82 Å². The number of hydrogen-bond acceptors (Lipinski definition) is 3. The average Bonchev–Trinajstić information content (AvgIpc) is 2.42. The van der Waals surface area contributed by atoms with Crippen molar-refractivity contribution in [1.82, 2.24) is 4.98 Å². The van der Waals surface area contributed by atoms with Crippen LogP contribution in [0, 0.1) is 3.57 Å². The van der Waals surface area contributed by atoms with Gasteiger partial charge in [0.15, 0.2) is 5.78 Å². The molecule has 2 amide bonds. The SMILES string of the molecule is CC(=O)c1ccc(NC(=O)Nc2ccc(I)cn2)cc1. The molecule has 0 spiro atoms. The number of nitrogens with one attached hydrogen (secondary N) is 2. The molecule has 0 aliphatic rings. The number of carbonyl (C=O) groups is 2. The quantitative estimate of drug-likeness (QED) is 0.631. The Morgan fingerprint density at radius 2 is 1.75 bits per heavy atom. The molecule has 0 atom stereocenters. The zero-order chi connectivity index (χ0) is 14.5. The summed E-state index contributed by atoms with van der Waals surface area (Å²) in [6.07, 6.45) is 1.66. The van der Waals surface area contributed by atoms with Crippen LogP contribution in [0.2, 0.25) is 0 Å². The van der Waals surface area contributed by atoms with Crippen LogP contribution in [0.5, 0.6) is 0 Å². The maximum Gasteiger partial charge on any atom is 0.324 e. The number of nitrogens with zero attached hydrogens (tertiary/aromatic N) is 1. The summed E-state index contributed by atoms with van der Waals surface area (Å²) >= 11 is 2.14. The highest BCUT2D eigenvalue weighted by atomic mass is 127. The van der Waals surface area contributed by atoms with Gasteiger partial charge >= 0.3 is 6.03 Å². The third kappa shape index (κ3) is 4.02. The van der Waals surface area contributed by atoms with Gasteiger partial charge in [-0.3, -0.25) is 10.1 Å². The lowest BCUT2D eigenvalue weighted by molar-refractivity contribution is 0.101. The number of ketones is 1. The Labute approximate surface area is 129 Å². The number of aromatic nitrogens is 1. The second kappa shape index (κ2) is 6.47. The molecule has 20 heavy (non-hydrogen) atoms. The summed E-state index contributed by atoms with van der Waals surface area (Å²) in [7, 11) is 0. The van der Waals surface area contributed by atoms with Crippen molar-refractivity contribution in [3.63, 3.8) is 0 Å². The first-order valence-corrected chi connectivity index (χ1v) is 6.93. The summed E-state index contributed by atoms with van der Waals surface area (Å²) in [6.45, 7) is 1.50. The van der Waals surface area contributed by atoms with Gasteiger partial charge in [-0.15, -0.1) is 0 Å². The average molecular weight is 381 g/mol. The van der Waals surface area contributed by atoms with Crippen molar-refractivity contribution in [2.45, 2.75) is 6.92 Å². The minimum absolute atomic E-state index is 0.0101. The zero-order valence-electron chi connectivity index (χ0n) is 10.7. The lowest BCUT2D eigenvalue weighted by atomic mass is 10.1. The van der Waals surface area contributed by atoms with Crippen LogP contribution in [0.1, 0.15) is 17.3 Å². The predicted octanol–water partition coefficient (Wildman–Crippen LogP) is 3.53. The fourth-order valence-electron chi connectivity index (χ4n) is 1.52. The lowest BCUT2D eigenvalue weighted by Crippen LogP contribution is -2.20. The Hall–Kier alpha value is -1.96. The molecule has 102 valence electrons. The van der Waals surface area contributed by atoms with Crippen molar-refractivity contribution < 1.29 is 9.59 Å². The monoisotopic (exact) mass is 381 g/mol. The molecular formula is C14H12IN3O2. The summed E-state index contributed by atoms with van der Waals surface area (Å²) in [5.74, 6) is 0.465. The Balaban J connectivity index is 1.97. The van der Waals surface area contributed by atoms with Crippen molar-refractivity contribution in [3.8, 4) is 0 Å². The molecule has 0 bridgehead atoms. The zero-order valence-corrected chi connectivity index (χ0v) is 12.8. The molecular weight excluding hydrogens is 369 g/mol. The van der Waals surface area contributed by atoms with Crippen LogP contribution in [0.4, 0.5) is 16.3 Å². The highest BCUT2D eigenvalue weighted by Crippen LogP contribution is 2.11. The van der Waals surface area contributed by atoms with E-state index in [0.717, 1.165) is 3.57 Å². The number of benzene rings is 1. The molecule has 0 saturated carbocycles.